The van der Waals surface area contributed by atoms with Crippen LogP contribution in [0.5, 0.6) is 0 Å². The highest BCUT2D eigenvalue weighted by atomic mass is 32.1. The van der Waals surface area contributed by atoms with Crippen molar-refractivity contribution in [2.75, 3.05) is 5.01 Å². The summed E-state index contributed by atoms with van der Waals surface area (Å²) in [6.45, 7) is 0. The second-order valence-corrected chi connectivity index (χ2v) is 4.89. The normalized spacial score (nSPS) is 22.8. The number of hydrogen-bond acceptors (Lipinski definition) is 2. The molecule has 1 saturated carbocycles. The van der Waals surface area contributed by atoms with Gasteiger partial charge in [0.05, 0.1) is 5.69 Å². The van der Waals surface area contributed by atoms with E-state index in [2.05, 4.69) is 22.9 Å². The minimum absolute atomic E-state index is 0.0208. The van der Waals surface area contributed by atoms with Gasteiger partial charge in [-0.15, -0.1) is 0 Å². The first kappa shape index (κ1) is 10.1. The van der Waals surface area contributed by atoms with Crippen LogP contribution in [0.3, 0.4) is 0 Å². The van der Waals surface area contributed by atoms with Crippen LogP contribution in [0.25, 0.3) is 0 Å². The molecule has 1 aliphatic carbocycles. The van der Waals surface area contributed by atoms with Crippen molar-refractivity contribution in [3.05, 3.63) is 30.3 Å². The zero-order chi connectivity index (χ0) is 11.0. The fourth-order valence-corrected chi connectivity index (χ4v) is 2.87. The molecule has 1 heterocycles. The first-order valence-corrected chi connectivity index (χ1v) is 6.15. The van der Waals surface area contributed by atoms with Crippen molar-refractivity contribution in [1.82, 2.24) is 10.7 Å². The number of nitrogens with zero attached hydrogens (tertiary/aromatic N) is 1. The van der Waals surface area contributed by atoms with Crippen molar-refractivity contribution < 1.29 is 0 Å². The Bertz CT molecular complexity index is 398. The molecule has 16 heavy (non-hydrogen) atoms. The molecule has 1 aromatic carbocycles. The molecule has 1 saturated heterocycles. The molecule has 0 radical (unpaired) electrons. The Labute approximate surface area is 101 Å². The van der Waals surface area contributed by atoms with Gasteiger partial charge in [0.1, 0.15) is 5.66 Å². The van der Waals surface area contributed by atoms with Gasteiger partial charge >= 0.3 is 0 Å². The van der Waals surface area contributed by atoms with Crippen molar-refractivity contribution in [3.8, 4) is 0 Å². The van der Waals surface area contributed by atoms with Crippen molar-refractivity contribution in [2.24, 2.45) is 0 Å². The number of hydrogen-bond donors (Lipinski definition) is 2. The fraction of sp³-hybridized carbons (Fsp3) is 0.417. The topological polar surface area (TPSA) is 27.3 Å². The van der Waals surface area contributed by atoms with Crippen molar-refractivity contribution in [1.29, 1.82) is 0 Å². The Hall–Kier alpha value is -1.13. The monoisotopic (exact) mass is 233 g/mol. The lowest BCUT2D eigenvalue weighted by molar-refractivity contribution is 0.349. The second-order valence-electron chi connectivity index (χ2n) is 4.50. The van der Waals surface area contributed by atoms with E-state index >= 15 is 0 Å². The summed E-state index contributed by atoms with van der Waals surface area (Å²) in [5.74, 6) is 0. The summed E-state index contributed by atoms with van der Waals surface area (Å²) in [4.78, 5) is 0. The van der Waals surface area contributed by atoms with Gasteiger partial charge in [-0.2, -0.15) is 0 Å². The molecule has 2 fully saturated rings. The summed E-state index contributed by atoms with van der Waals surface area (Å²) >= 11 is 5.38. The highest BCUT2D eigenvalue weighted by molar-refractivity contribution is 7.80. The molecule has 0 amide bonds. The van der Waals surface area contributed by atoms with Gasteiger partial charge < -0.3 is 5.32 Å². The van der Waals surface area contributed by atoms with E-state index in [0.29, 0.717) is 0 Å². The Morgan fingerprint density at radius 1 is 1.12 bits per heavy atom. The van der Waals surface area contributed by atoms with Gasteiger partial charge in [-0.3, -0.25) is 5.01 Å². The minimum atomic E-state index is 0.0208. The highest BCUT2D eigenvalue weighted by Crippen LogP contribution is 2.32. The fourth-order valence-electron chi connectivity index (χ4n) is 2.53. The summed E-state index contributed by atoms with van der Waals surface area (Å²) in [6, 6.07) is 10.2. The van der Waals surface area contributed by atoms with Gasteiger partial charge in [0, 0.05) is 0 Å². The molecule has 1 aliphatic heterocycles. The second kappa shape index (κ2) is 3.71. The molecule has 0 unspecified atom stereocenters. The zero-order valence-corrected chi connectivity index (χ0v) is 9.89. The van der Waals surface area contributed by atoms with Crippen LogP contribution in [0.15, 0.2) is 30.3 Å². The van der Waals surface area contributed by atoms with Gasteiger partial charge in [0.2, 0.25) is 0 Å². The van der Waals surface area contributed by atoms with Gasteiger partial charge in [-0.1, -0.05) is 18.2 Å². The van der Waals surface area contributed by atoms with Crippen molar-refractivity contribution in [2.45, 2.75) is 31.3 Å². The maximum Gasteiger partial charge on any atom is 0.189 e. The van der Waals surface area contributed by atoms with E-state index in [1.165, 1.54) is 12.8 Å². The third-order valence-corrected chi connectivity index (χ3v) is 3.63. The number of rotatable bonds is 1. The average Bonchev–Trinajstić information content (AvgIpc) is 2.88. The van der Waals surface area contributed by atoms with Gasteiger partial charge in [0.15, 0.2) is 5.11 Å². The quantitative estimate of drug-likeness (QED) is 0.727. The zero-order valence-electron chi connectivity index (χ0n) is 9.07. The Morgan fingerprint density at radius 3 is 2.50 bits per heavy atom. The van der Waals surface area contributed by atoms with E-state index in [9.17, 15) is 0 Å². The molecular weight excluding hydrogens is 218 g/mol. The maximum atomic E-state index is 5.38. The van der Waals surface area contributed by atoms with Crippen LogP contribution in [0, 0.1) is 0 Å². The molecule has 3 nitrogen and oxygen atoms in total. The van der Waals surface area contributed by atoms with Crippen LogP contribution in [-0.4, -0.2) is 10.8 Å². The molecule has 3 rings (SSSR count). The summed E-state index contributed by atoms with van der Waals surface area (Å²) in [7, 11) is 0. The average molecular weight is 233 g/mol. The first-order chi connectivity index (χ1) is 7.79. The third-order valence-electron chi connectivity index (χ3n) is 3.35. The van der Waals surface area contributed by atoms with Crippen LogP contribution in [0.2, 0.25) is 0 Å². The number of anilines is 1. The van der Waals surface area contributed by atoms with Crippen LogP contribution in [0.1, 0.15) is 25.7 Å². The Kier molecular flexibility index (Phi) is 2.33. The summed E-state index contributed by atoms with van der Waals surface area (Å²) in [5, 5.41) is 6.20. The SMILES string of the molecule is S=C1NC2(CCCC2)NN1c1ccccc1. The van der Waals surface area contributed by atoms with E-state index in [1.54, 1.807) is 0 Å². The van der Waals surface area contributed by atoms with Crippen LogP contribution < -0.4 is 15.8 Å². The van der Waals surface area contributed by atoms with E-state index in [4.69, 9.17) is 12.2 Å². The third kappa shape index (κ3) is 1.58. The van der Waals surface area contributed by atoms with E-state index in [0.717, 1.165) is 23.6 Å². The molecule has 1 aromatic rings. The lowest BCUT2D eigenvalue weighted by Crippen LogP contribution is -2.48. The van der Waals surface area contributed by atoms with Crippen LogP contribution in [0.4, 0.5) is 5.69 Å². The van der Waals surface area contributed by atoms with E-state index < -0.39 is 0 Å². The summed E-state index contributed by atoms with van der Waals surface area (Å²) in [6.07, 6.45) is 4.84. The van der Waals surface area contributed by atoms with Gasteiger partial charge in [-0.25, -0.2) is 5.43 Å². The predicted octanol–water partition coefficient (Wildman–Crippen LogP) is 2.16. The standard InChI is InChI=1S/C12H15N3S/c16-11-13-12(8-4-5-9-12)14-15(11)10-6-2-1-3-7-10/h1-3,6-7,14H,4-5,8-9H2,(H,13,16). The molecule has 2 aliphatic rings. The van der Waals surface area contributed by atoms with Gasteiger partial charge in [0.25, 0.3) is 0 Å². The van der Waals surface area contributed by atoms with Crippen molar-refractivity contribution in [3.63, 3.8) is 0 Å². The van der Waals surface area contributed by atoms with Crippen LogP contribution >= 0.6 is 12.2 Å². The lowest BCUT2D eigenvalue weighted by Gasteiger charge is -2.24. The number of thiocarbonyl (C=S) groups is 1. The van der Waals surface area contributed by atoms with E-state index in [-0.39, 0.29) is 5.66 Å². The number of benzene rings is 1. The number of nitrogens with one attached hydrogen (secondary N) is 2. The summed E-state index contributed by atoms with van der Waals surface area (Å²) < 4.78 is 0. The molecule has 0 atom stereocenters. The largest absolute Gasteiger partial charge is 0.342 e. The smallest absolute Gasteiger partial charge is 0.189 e. The number of hydrazine groups is 1. The molecule has 0 aromatic heterocycles. The maximum absolute atomic E-state index is 5.38. The predicted molar refractivity (Wildman–Crippen MR) is 69.0 cm³/mol. The molecular formula is C12H15N3S. The number of para-hydroxylation sites is 1. The van der Waals surface area contributed by atoms with Crippen molar-refractivity contribution >= 4 is 23.0 Å². The minimum Gasteiger partial charge on any atom is -0.342 e. The molecule has 1 spiro atoms. The molecule has 0 bridgehead atoms. The first-order valence-electron chi connectivity index (χ1n) is 5.74. The van der Waals surface area contributed by atoms with E-state index in [1.807, 2.05) is 23.2 Å². The Balaban J connectivity index is 1.86. The lowest BCUT2D eigenvalue weighted by atomic mass is 10.1. The summed E-state index contributed by atoms with van der Waals surface area (Å²) in [5.41, 5.74) is 4.63. The van der Waals surface area contributed by atoms with Crippen LogP contribution in [-0.2, 0) is 0 Å². The molecule has 4 heteroatoms. The highest BCUT2D eigenvalue weighted by Gasteiger charge is 2.42. The molecule has 84 valence electrons. The Morgan fingerprint density at radius 2 is 1.81 bits per heavy atom. The van der Waals surface area contributed by atoms with Gasteiger partial charge in [-0.05, 0) is 50.0 Å². The molecule has 2 N–H and O–H groups in total.